The van der Waals surface area contributed by atoms with Crippen molar-refractivity contribution in [1.82, 2.24) is 4.31 Å². The van der Waals surface area contributed by atoms with Crippen molar-refractivity contribution in [2.24, 2.45) is 0 Å². The molecule has 0 fully saturated rings. The lowest BCUT2D eigenvalue weighted by Gasteiger charge is -2.20. The molecule has 0 unspecified atom stereocenters. The van der Waals surface area contributed by atoms with Gasteiger partial charge in [0.2, 0.25) is 10.0 Å². The summed E-state index contributed by atoms with van der Waals surface area (Å²) in [5.41, 5.74) is 1.25. The molecule has 0 amide bonds. The molecule has 0 bridgehead atoms. The molecule has 1 N–H and O–H groups in total. The Balaban J connectivity index is 0.000000377. The minimum Gasteiger partial charge on any atom is -0.478 e. The zero-order valence-corrected chi connectivity index (χ0v) is 16.7. The molecule has 6 heteroatoms. The predicted octanol–water partition coefficient (Wildman–Crippen LogP) is 4.53. The van der Waals surface area contributed by atoms with Crippen LogP contribution in [0.2, 0.25) is 0 Å². The summed E-state index contributed by atoms with van der Waals surface area (Å²) in [6, 6.07) is 15.3. The number of hydrogen-bond acceptors (Lipinski definition) is 3. The van der Waals surface area contributed by atoms with Crippen molar-refractivity contribution >= 4 is 22.1 Å². The Morgan fingerprint density at radius 2 is 1.52 bits per heavy atom. The van der Waals surface area contributed by atoms with E-state index in [1.165, 1.54) is 34.1 Å². The van der Waals surface area contributed by atoms with Gasteiger partial charge in [-0.15, -0.1) is 0 Å². The van der Waals surface area contributed by atoms with Crippen molar-refractivity contribution in [2.45, 2.75) is 31.6 Å². The van der Waals surface area contributed by atoms with E-state index >= 15 is 0 Å². The fourth-order valence-corrected chi connectivity index (χ4v) is 3.98. The second-order valence-corrected chi connectivity index (χ2v) is 7.79. The summed E-state index contributed by atoms with van der Waals surface area (Å²) >= 11 is 0. The highest BCUT2D eigenvalue weighted by atomic mass is 32.2. The number of carbonyl (C=O) groups is 1. The number of nitrogens with zero attached hydrogens (tertiary/aromatic N) is 1. The maximum atomic E-state index is 12.4. The van der Waals surface area contributed by atoms with Crippen LogP contribution in [0.1, 0.15) is 42.6 Å². The molecule has 0 aromatic heterocycles. The van der Waals surface area contributed by atoms with Crippen LogP contribution in [-0.4, -0.2) is 36.9 Å². The Kier molecular flexibility index (Phi) is 9.47. The molecular weight excluding hydrogens is 362 g/mol. The molecule has 27 heavy (non-hydrogen) atoms. The number of benzene rings is 2. The molecule has 0 heterocycles. The van der Waals surface area contributed by atoms with Crippen molar-refractivity contribution in [3.05, 3.63) is 72.3 Å². The molecule has 0 aliphatic heterocycles. The summed E-state index contributed by atoms with van der Waals surface area (Å²) in [5, 5.41) is 8.80. The van der Waals surface area contributed by atoms with Gasteiger partial charge in [0.15, 0.2) is 0 Å². The zero-order valence-electron chi connectivity index (χ0n) is 15.8. The number of aromatic carboxylic acids is 1. The first-order valence-corrected chi connectivity index (χ1v) is 10.3. The van der Waals surface area contributed by atoms with Gasteiger partial charge in [-0.2, -0.15) is 4.31 Å². The molecular formula is C21H27NO4S. The summed E-state index contributed by atoms with van der Waals surface area (Å²) in [7, 11) is -3.53. The zero-order chi connectivity index (χ0) is 20.3. The number of carboxylic acid groups (broad SMARTS) is 1. The minimum atomic E-state index is -3.53. The normalized spacial score (nSPS) is 10.8. The predicted molar refractivity (Wildman–Crippen MR) is 109 cm³/mol. The highest BCUT2D eigenvalue weighted by Crippen LogP contribution is 2.17. The standard InChI is InChI=1S/C13H19NO4S.C8H8/c1-3-9-14(10-4-2)19(17,18)12-7-5-11(6-8-12)13(15)16;1-2-8-6-4-3-5-7-8/h5-8H,3-4,9-10H2,1-2H3,(H,15,16);2-7H,1H2. The van der Waals surface area contributed by atoms with Crippen molar-refractivity contribution in [3.63, 3.8) is 0 Å². The van der Waals surface area contributed by atoms with Gasteiger partial charge in [-0.05, 0) is 42.7 Å². The average Bonchev–Trinajstić information content (AvgIpc) is 2.69. The number of sulfonamides is 1. The van der Waals surface area contributed by atoms with Gasteiger partial charge >= 0.3 is 5.97 Å². The maximum Gasteiger partial charge on any atom is 0.335 e. The second kappa shape index (κ2) is 11.3. The molecule has 0 atom stereocenters. The lowest BCUT2D eigenvalue weighted by Crippen LogP contribution is -2.32. The van der Waals surface area contributed by atoms with Crippen LogP contribution in [0.3, 0.4) is 0 Å². The van der Waals surface area contributed by atoms with Crippen LogP contribution < -0.4 is 0 Å². The van der Waals surface area contributed by atoms with E-state index in [0.717, 1.165) is 12.8 Å². The van der Waals surface area contributed by atoms with E-state index in [2.05, 4.69) is 6.58 Å². The summed E-state index contributed by atoms with van der Waals surface area (Å²) in [4.78, 5) is 10.9. The Labute approximate surface area is 162 Å². The second-order valence-electron chi connectivity index (χ2n) is 5.85. The van der Waals surface area contributed by atoms with Gasteiger partial charge < -0.3 is 5.11 Å². The monoisotopic (exact) mass is 389 g/mol. The fourth-order valence-electron chi connectivity index (χ4n) is 2.36. The van der Waals surface area contributed by atoms with E-state index in [4.69, 9.17) is 5.11 Å². The first kappa shape index (κ1) is 22.6. The molecule has 0 spiro atoms. The van der Waals surface area contributed by atoms with E-state index in [0.29, 0.717) is 13.1 Å². The van der Waals surface area contributed by atoms with Crippen LogP contribution in [0.25, 0.3) is 6.08 Å². The van der Waals surface area contributed by atoms with Gasteiger partial charge in [0.1, 0.15) is 0 Å². The molecule has 5 nitrogen and oxygen atoms in total. The quantitative estimate of drug-likeness (QED) is 0.720. The Morgan fingerprint density at radius 3 is 1.89 bits per heavy atom. The van der Waals surface area contributed by atoms with Gasteiger partial charge in [0.05, 0.1) is 10.5 Å². The third kappa shape index (κ3) is 7.00. The van der Waals surface area contributed by atoms with E-state index in [9.17, 15) is 13.2 Å². The van der Waals surface area contributed by atoms with Gasteiger partial charge in [-0.3, -0.25) is 0 Å². The lowest BCUT2D eigenvalue weighted by atomic mass is 10.2. The smallest absolute Gasteiger partial charge is 0.335 e. The highest BCUT2D eigenvalue weighted by Gasteiger charge is 2.23. The minimum absolute atomic E-state index is 0.0801. The van der Waals surface area contributed by atoms with Gasteiger partial charge in [0, 0.05) is 13.1 Å². The molecule has 0 aliphatic rings. The van der Waals surface area contributed by atoms with E-state index in [1.54, 1.807) is 0 Å². The average molecular weight is 390 g/mol. The molecule has 2 aromatic rings. The van der Waals surface area contributed by atoms with Crippen molar-refractivity contribution in [2.75, 3.05) is 13.1 Å². The molecule has 0 aliphatic carbocycles. The van der Waals surface area contributed by atoms with Crippen LogP contribution in [0.5, 0.6) is 0 Å². The highest BCUT2D eigenvalue weighted by molar-refractivity contribution is 7.89. The van der Waals surface area contributed by atoms with E-state index in [1.807, 2.05) is 50.3 Å². The fraction of sp³-hybridized carbons (Fsp3) is 0.286. The number of hydrogen-bond donors (Lipinski definition) is 1. The summed E-state index contributed by atoms with van der Waals surface area (Å²) in [5.74, 6) is -1.07. The molecule has 146 valence electrons. The SMILES string of the molecule is C=Cc1ccccc1.CCCN(CCC)S(=O)(=O)c1ccc(C(=O)O)cc1. The summed E-state index contributed by atoms with van der Waals surface area (Å²) in [6.07, 6.45) is 3.32. The van der Waals surface area contributed by atoms with Crippen LogP contribution in [0.4, 0.5) is 0 Å². The van der Waals surface area contributed by atoms with Crippen LogP contribution in [-0.2, 0) is 10.0 Å². The van der Waals surface area contributed by atoms with Crippen molar-refractivity contribution < 1.29 is 18.3 Å². The first-order valence-electron chi connectivity index (χ1n) is 8.87. The van der Waals surface area contributed by atoms with Gasteiger partial charge in [0.25, 0.3) is 0 Å². The van der Waals surface area contributed by atoms with E-state index in [-0.39, 0.29) is 10.5 Å². The Hall–Kier alpha value is -2.44. The topological polar surface area (TPSA) is 74.7 Å². The van der Waals surface area contributed by atoms with Crippen LogP contribution >= 0.6 is 0 Å². The molecule has 0 saturated carbocycles. The summed E-state index contributed by atoms with van der Waals surface area (Å²) < 4.78 is 26.2. The van der Waals surface area contributed by atoms with Crippen LogP contribution in [0.15, 0.2) is 66.1 Å². The Morgan fingerprint density at radius 1 is 1.00 bits per heavy atom. The summed E-state index contributed by atoms with van der Waals surface area (Å²) in [6.45, 7) is 8.41. The van der Waals surface area contributed by atoms with Crippen LogP contribution in [0, 0.1) is 0 Å². The van der Waals surface area contributed by atoms with Gasteiger partial charge in [-0.1, -0.05) is 56.8 Å². The maximum absolute atomic E-state index is 12.4. The largest absolute Gasteiger partial charge is 0.478 e. The van der Waals surface area contributed by atoms with E-state index < -0.39 is 16.0 Å². The van der Waals surface area contributed by atoms with Gasteiger partial charge in [-0.25, -0.2) is 13.2 Å². The van der Waals surface area contributed by atoms with Crippen molar-refractivity contribution in [3.8, 4) is 0 Å². The molecule has 2 aromatic carbocycles. The molecule has 0 saturated heterocycles. The number of rotatable bonds is 8. The third-order valence-corrected chi connectivity index (χ3v) is 5.63. The molecule has 2 rings (SSSR count). The lowest BCUT2D eigenvalue weighted by molar-refractivity contribution is 0.0696. The Bertz CT molecular complexity index is 809. The number of carboxylic acids is 1. The van der Waals surface area contributed by atoms with Crippen molar-refractivity contribution in [1.29, 1.82) is 0 Å². The third-order valence-electron chi connectivity index (χ3n) is 3.72. The first-order chi connectivity index (χ1) is 12.9. The molecule has 0 radical (unpaired) electrons.